The Labute approximate surface area is 228 Å². The molecule has 1 aliphatic heterocycles. The molecule has 1 saturated heterocycles. The van der Waals surface area contributed by atoms with E-state index in [4.69, 9.17) is 5.11 Å². The van der Waals surface area contributed by atoms with Crippen LogP contribution in [0.25, 0.3) is 5.57 Å². The summed E-state index contributed by atoms with van der Waals surface area (Å²) in [6.45, 7) is 7.95. The van der Waals surface area contributed by atoms with Crippen molar-refractivity contribution < 1.29 is 14.7 Å². The van der Waals surface area contributed by atoms with Crippen molar-refractivity contribution in [2.75, 3.05) is 42.9 Å². The van der Waals surface area contributed by atoms with Gasteiger partial charge in [-0.1, -0.05) is 24.8 Å². The lowest BCUT2D eigenvalue weighted by molar-refractivity contribution is -0.111. The third-order valence-corrected chi connectivity index (χ3v) is 7.45. The average molecular weight is 519 g/mol. The lowest BCUT2D eigenvalue weighted by Crippen LogP contribution is -2.47. The number of aryl methyl sites for hydroxylation is 1. The first kappa shape index (κ1) is 26.0. The Morgan fingerprint density at radius 2 is 1.69 bits per heavy atom. The molecule has 0 atom stereocenters. The van der Waals surface area contributed by atoms with Gasteiger partial charge >= 0.3 is 5.97 Å². The SMILES string of the molecule is C=CC(=O)Nc1ccc2c(c1)CCC(CN1CCN(c3ccc(C(=O)O)cc3)CC1)=C2c1ccc(C#N)cc1. The minimum Gasteiger partial charge on any atom is -0.478 e. The lowest BCUT2D eigenvalue weighted by atomic mass is 9.81. The summed E-state index contributed by atoms with van der Waals surface area (Å²) in [5, 5.41) is 21.3. The highest BCUT2D eigenvalue weighted by Gasteiger charge is 2.24. The Bertz CT molecular complexity index is 1480. The zero-order valence-electron chi connectivity index (χ0n) is 21.7. The normalized spacial score (nSPS) is 15.3. The number of nitrogens with one attached hydrogen (secondary N) is 1. The second kappa shape index (κ2) is 11.4. The summed E-state index contributed by atoms with van der Waals surface area (Å²) in [6, 6.07) is 23.1. The van der Waals surface area contributed by atoms with E-state index in [9.17, 15) is 14.9 Å². The molecule has 1 amide bonds. The molecule has 0 saturated carbocycles. The highest BCUT2D eigenvalue weighted by Crippen LogP contribution is 2.38. The number of nitriles is 1. The standard InChI is InChI=1S/C32H30N4O3/c1-2-30(37)34-27-11-14-29-25(19-27)7-8-26(31(29)23-5-3-22(20-33)4-6-23)21-35-15-17-36(18-16-35)28-12-9-24(10-13-28)32(38)39/h2-6,9-14,19H,1,7-8,15-18,21H2,(H,34,37)(H,38,39). The molecule has 0 aromatic heterocycles. The quantitative estimate of drug-likeness (QED) is 0.430. The molecule has 1 heterocycles. The van der Waals surface area contributed by atoms with E-state index in [0.29, 0.717) is 11.1 Å². The molecule has 3 aromatic carbocycles. The number of carboxylic acid groups (broad SMARTS) is 1. The van der Waals surface area contributed by atoms with Gasteiger partial charge in [0.15, 0.2) is 0 Å². The topological polar surface area (TPSA) is 96.7 Å². The number of piperazine rings is 1. The molecule has 2 N–H and O–H groups in total. The van der Waals surface area contributed by atoms with Crippen molar-refractivity contribution in [2.45, 2.75) is 12.8 Å². The van der Waals surface area contributed by atoms with E-state index in [0.717, 1.165) is 68.1 Å². The number of nitrogens with zero attached hydrogens (tertiary/aromatic N) is 3. The summed E-state index contributed by atoms with van der Waals surface area (Å²) >= 11 is 0. The second-order valence-electron chi connectivity index (χ2n) is 9.85. The molecule has 3 aromatic rings. The van der Waals surface area contributed by atoms with Crippen LogP contribution in [0.3, 0.4) is 0 Å². The average Bonchev–Trinajstić information content (AvgIpc) is 2.97. The zero-order chi connectivity index (χ0) is 27.4. The largest absolute Gasteiger partial charge is 0.478 e. The van der Waals surface area contributed by atoms with Crippen molar-refractivity contribution in [3.63, 3.8) is 0 Å². The van der Waals surface area contributed by atoms with Crippen molar-refractivity contribution in [2.24, 2.45) is 0 Å². The number of fused-ring (bicyclic) bond motifs is 1. The molecule has 2 aliphatic rings. The van der Waals surface area contributed by atoms with E-state index in [1.54, 1.807) is 12.1 Å². The molecule has 5 rings (SSSR count). The molecule has 39 heavy (non-hydrogen) atoms. The Morgan fingerprint density at radius 1 is 0.974 bits per heavy atom. The molecule has 196 valence electrons. The van der Waals surface area contributed by atoms with Crippen LogP contribution in [-0.4, -0.2) is 54.6 Å². The molecular weight excluding hydrogens is 488 g/mol. The molecule has 0 radical (unpaired) electrons. The third-order valence-electron chi connectivity index (χ3n) is 7.45. The number of carboxylic acids is 1. The zero-order valence-corrected chi connectivity index (χ0v) is 21.7. The van der Waals surface area contributed by atoms with Crippen LogP contribution in [-0.2, 0) is 11.2 Å². The molecule has 0 spiro atoms. The number of aromatic carboxylic acids is 1. The summed E-state index contributed by atoms with van der Waals surface area (Å²) in [5.74, 6) is -1.14. The van der Waals surface area contributed by atoms with Crippen molar-refractivity contribution >= 4 is 28.8 Å². The monoisotopic (exact) mass is 518 g/mol. The van der Waals surface area contributed by atoms with E-state index in [2.05, 4.69) is 33.8 Å². The molecule has 7 nitrogen and oxygen atoms in total. The fraction of sp³-hybridized carbons (Fsp3) is 0.219. The van der Waals surface area contributed by atoms with Crippen molar-refractivity contribution in [3.05, 3.63) is 113 Å². The van der Waals surface area contributed by atoms with E-state index in [1.165, 1.54) is 22.8 Å². The van der Waals surface area contributed by atoms with E-state index in [1.807, 2.05) is 48.5 Å². The van der Waals surface area contributed by atoms with Crippen LogP contribution in [0.1, 0.15) is 39.0 Å². The number of hydrogen-bond donors (Lipinski definition) is 2. The van der Waals surface area contributed by atoms with Crippen LogP contribution in [0.15, 0.2) is 85.0 Å². The lowest BCUT2D eigenvalue weighted by Gasteiger charge is -2.37. The molecule has 0 bridgehead atoms. The van der Waals surface area contributed by atoms with Gasteiger partial charge in [-0.25, -0.2) is 4.79 Å². The van der Waals surface area contributed by atoms with Crippen LogP contribution >= 0.6 is 0 Å². The van der Waals surface area contributed by atoms with Crippen LogP contribution in [0.4, 0.5) is 11.4 Å². The predicted octanol–water partition coefficient (Wildman–Crippen LogP) is 4.95. The van der Waals surface area contributed by atoms with Crippen LogP contribution in [0.2, 0.25) is 0 Å². The first-order valence-electron chi connectivity index (χ1n) is 13.0. The Balaban J connectivity index is 1.38. The summed E-state index contributed by atoms with van der Waals surface area (Å²) in [6.07, 6.45) is 3.07. The van der Waals surface area contributed by atoms with Gasteiger partial charge in [-0.05, 0) is 95.3 Å². The number of carbonyl (C=O) groups excluding carboxylic acids is 1. The minimum absolute atomic E-state index is 0.230. The number of hydrogen-bond acceptors (Lipinski definition) is 5. The summed E-state index contributed by atoms with van der Waals surface area (Å²) in [5.41, 5.74) is 8.74. The fourth-order valence-corrected chi connectivity index (χ4v) is 5.39. The van der Waals surface area contributed by atoms with Gasteiger partial charge in [0.2, 0.25) is 5.91 Å². The summed E-state index contributed by atoms with van der Waals surface area (Å²) < 4.78 is 0. The maximum atomic E-state index is 11.8. The van der Waals surface area contributed by atoms with Gasteiger partial charge in [-0.3, -0.25) is 9.69 Å². The van der Waals surface area contributed by atoms with Crippen LogP contribution < -0.4 is 10.2 Å². The van der Waals surface area contributed by atoms with Crippen molar-refractivity contribution in [3.8, 4) is 6.07 Å². The Morgan fingerprint density at radius 3 is 2.33 bits per heavy atom. The first-order chi connectivity index (χ1) is 18.9. The van der Waals surface area contributed by atoms with Gasteiger partial charge in [0.1, 0.15) is 0 Å². The molecule has 7 heteroatoms. The summed E-state index contributed by atoms with van der Waals surface area (Å²) in [4.78, 5) is 27.8. The fourth-order valence-electron chi connectivity index (χ4n) is 5.39. The first-order valence-corrected chi connectivity index (χ1v) is 13.0. The third kappa shape index (κ3) is 5.77. The number of rotatable bonds is 7. The van der Waals surface area contributed by atoms with Gasteiger partial charge in [0.25, 0.3) is 0 Å². The smallest absolute Gasteiger partial charge is 0.335 e. The molecule has 0 unspecified atom stereocenters. The van der Waals surface area contributed by atoms with E-state index < -0.39 is 5.97 Å². The van der Waals surface area contributed by atoms with Gasteiger partial charge in [-0.2, -0.15) is 5.26 Å². The van der Waals surface area contributed by atoms with E-state index >= 15 is 0 Å². The maximum absolute atomic E-state index is 11.8. The highest BCUT2D eigenvalue weighted by molar-refractivity contribution is 5.99. The highest BCUT2D eigenvalue weighted by atomic mass is 16.4. The molecular formula is C32H30N4O3. The van der Waals surface area contributed by atoms with Gasteiger partial charge in [-0.15, -0.1) is 0 Å². The number of benzene rings is 3. The number of amides is 1. The number of anilines is 2. The van der Waals surface area contributed by atoms with Crippen molar-refractivity contribution in [1.29, 1.82) is 5.26 Å². The van der Waals surface area contributed by atoms with Crippen LogP contribution in [0.5, 0.6) is 0 Å². The maximum Gasteiger partial charge on any atom is 0.335 e. The van der Waals surface area contributed by atoms with Crippen molar-refractivity contribution in [1.82, 2.24) is 4.90 Å². The minimum atomic E-state index is -0.912. The van der Waals surface area contributed by atoms with Gasteiger partial charge < -0.3 is 15.3 Å². The Hall–Kier alpha value is -4.67. The predicted molar refractivity (Wildman–Crippen MR) is 153 cm³/mol. The van der Waals surface area contributed by atoms with Crippen LogP contribution in [0, 0.1) is 11.3 Å². The second-order valence-corrected chi connectivity index (χ2v) is 9.85. The van der Waals surface area contributed by atoms with E-state index in [-0.39, 0.29) is 5.91 Å². The van der Waals surface area contributed by atoms with Gasteiger partial charge in [0.05, 0.1) is 17.2 Å². The molecule has 1 aliphatic carbocycles. The van der Waals surface area contributed by atoms with Gasteiger partial charge in [0, 0.05) is 44.1 Å². The Kier molecular flexibility index (Phi) is 7.57. The summed E-state index contributed by atoms with van der Waals surface area (Å²) in [7, 11) is 0. The number of carbonyl (C=O) groups is 2. The molecule has 1 fully saturated rings.